The number of rotatable bonds is 12. The number of aromatic nitrogens is 2. The standard InChI is InChI=1S/C33H36ClFIN5O3/c34-28-17-25(8-9-30(28)43-20-23-4-3-5-24(35)16-23)39-33-32-29(37-22-38-33)18-27(19-31(32)44-26-6-1-2-7-26)42-15-14-40-10-12-41(21-36)13-11-40/h3-5,8-9,16-19,22,26H,1-2,6-7,10-15,20-21H2,(H,37,38,39). The predicted octanol–water partition coefficient (Wildman–Crippen LogP) is 7.46. The maximum absolute atomic E-state index is 13.5. The number of nitrogens with one attached hydrogen (secondary N) is 1. The summed E-state index contributed by atoms with van der Waals surface area (Å²) >= 11 is 9.01. The third kappa shape index (κ3) is 8.01. The maximum Gasteiger partial charge on any atom is 0.145 e. The first-order chi connectivity index (χ1) is 21.5. The van der Waals surface area contributed by atoms with Crippen LogP contribution >= 0.6 is 34.2 Å². The molecule has 1 aromatic heterocycles. The molecule has 1 aliphatic carbocycles. The molecular weight excluding hydrogens is 696 g/mol. The van der Waals surface area contributed by atoms with Gasteiger partial charge in [0.05, 0.1) is 26.6 Å². The van der Waals surface area contributed by atoms with Gasteiger partial charge in [-0.1, -0.05) is 46.3 Å². The second-order valence-corrected chi connectivity index (χ2v) is 12.3. The molecular formula is C33H36ClFIN5O3. The van der Waals surface area contributed by atoms with Crippen molar-refractivity contribution in [1.29, 1.82) is 0 Å². The van der Waals surface area contributed by atoms with Crippen molar-refractivity contribution in [2.75, 3.05) is 49.2 Å². The Morgan fingerprint density at radius 3 is 2.52 bits per heavy atom. The van der Waals surface area contributed by atoms with E-state index >= 15 is 0 Å². The van der Waals surface area contributed by atoms with E-state index in [1.54, 1.807) is 24.5 Å². The second-order valence-electron chi connectivity index (χ2n) is 11.2. The Bertz CT molecular complexity index is 1570. The normalized spacial score (nSPS) is 16.3. The lowest BCUT2D eigenvalue weighted by molar-refractivity contribution is 0.132. The number of anilines is 2. The molecule has 2 aliphatic rings. The molecule has 1 aliphatic heterocycles. The zero-order valence-electron chi connectivity index (χ0n) is 24.5. The molecule has 4 aromatic rings. The fraction of sp³-hybridized carbons (Fsp3) is 0.394. The fourth-order valence-corrected chi connectivity index (χ4v) is 6.55. The van der Waals surface area contributed by atoms with Gasteiger partial charge in [0.15, 0.2) is 0 Å². The van der Waals surface area contributed by atoms with Crippen molar-refractivity contribution >= 4 is 56.6 Å². The molecule has 8 nitrogen and oxygen atoms in total. The molecule has 0 spiro atoms. The quantitative estimate of drug-likeness (QED) is 0.0916. The van der Waals surface area contributed by atoms with Crippen molar-refractivity contribution in [3.63, 3.8) is 0 Å². The van der Waals surface area contributed by atoms with Crippen molar-refractivity contribution in [3.8, 4) is 17.2 Å². The van der Waals surface area contributed by atoms with Crippen LogP contribution in [0.4, 0.5) is 15.9 Å². The molecule has 0 amide bonds. The molecule has 232 valence electrons. The summed E-state index contributed by atoms with van der Waals surface area (Å²) in [5.41, 5.74) is 2.20. The number of benzene rings is 3. The van der Waals surface area contributed by atoms with Crippen LogP contribution in [0.25, 0.3) is 10.9 Å². The summed E-state index contributed by atoms with van der Waals surface area (Å²) in [5, 5.41) is 4.63. The molecule has 0 atom stereocenters. The van der Waals surface area contributed by atoms with Crippen molar-refractivity contribution in [1.82, 2.24) is 19.8 Å². The van der Waals surface area contributed by atoms with Gasteiger partial charge in [0, 0.05) is 50.5 Å². The van der Waals surface area contributed by atoms with E-state index in [1.807, 2.05) is 24.3 Å². The number of ether oxygens (including phenoxy) is 3. The van der Waals surface area contributed by atoms with Crippen molar-refractivity contribution in [2.24, 2.45) is 0 Å². The molecule has 3 aromatic carbocycles. The van der Waals surface area contributed by atoms with Gasteiger partial charge in [-0.3, -0.25) is 9.80 Å². The lowest BCUT2D eigenvalue weighted by atomic mass is 10.2. The first-order valence-corrected chi connectivity index (χ1v) is 17.0. The van der Waals surface area contributed by atoms with Gasteiger partial charge >= 0.3 is 0 Å². The molecule has 6 rings (SSSR count). The summed E-state index contributed by atoms with van der Waals surface area (Å²) in [6.45, 7) is 6.01. The van der Waals surface area contributed by atoms with Gasteiger partial charge in [-0.05, 0) is 61.6 Å². The summed E-state index contributed by atoms with van der Waals surface area (Å²) in [5.74, 6) is 2.28. The Morgan fingerprint density at radius 2 is 1.75 bits per heavy atom. The number of alkyl halides is 1. The molecule has 2 heterocycles. The summed E-state index contributed by atoms with van der Waals surface area (Å²) in [4.78, 5) is 14.1. The topological polar surface area (TPSA) is 72.0 Å². The number of hydrogen-bond acceptors (Lipinski definition) is 8. The zero-order valence-corrected chi connectivity index (χ0v) is 27.4. The number of halogens is 3. The van der Waals surface area contributed by atoms with E-state index in [0.29, 0.717) is 28.9 Å². The van der Waals surface area contributed by atoms with Crippen molar-refractivity contribution in [3.05, 3.63) is 77.3 Å². The number of fused-ring (bicyclic) bond motifs is 1. The lowest BCUT2D eigenvalue weighted by Gasteiger charge is -2.33. The van der Waals surface area contributed by atoms with E-state index in [0.717, 1.165) is 90.9 Å². The average molecular weight is 732 g/mol. The number of piperazine rings is 1. The van der Waals surface area contributed by atoms with Crippen LogP contribution in [0.1, 0.15) is 31.2 Å². The first-order valence-electron chi connectivity index (χ1n) is 15.1. The molecule has 0 unspecified atom stereocenters. The predicted molar refractivity (Wildman–Crippen MR) is 180 cm³/mol. The molecule has 1 saturated heterocycles. The highest BCUT2D eigenvalue weighted by atomic mass is 127. The van der Waals surface area contributed by atoms with E-state index in [-0.39, 0.29) is 18.5 Å². The monoisotopic (exact) mass is 731 g/mol. The van der Waals surface area contributed by atoms with Crippen LogP contribution in [-0.4, -0.2) is 69.8 Å². The van der Waals surface area contributed by atoms with Gasteiger partial charge < -0.3 is 19.5 Å². The highest BCUT2D eigenvalue weighted by Crippen LogP contribution is 2.38. The SMILES string of the molecule is Fc1cccc(COc2ccc(Nc3ncnc4cc(OCCN5CCN(CI)CC5)cc(OC5CCCC5)c34)cc2Cl)c1. The van der Waals surface area contributed by atoms with Crippen LogP contribution in [0.3, 0.4) is 0 Å². The summed E-state index contributed by atoms with van der Waals surface area (Å²) in [6.07, 6.45) is 6.07. The Balaban J connectivity index is 1.18. The number of hydrogen-bond donors (Lipinski definition) is 1. The Hall–Kier alpha value is -2.93. The van der Waals surface area contributed by atoms with Crippen molar-refractivity contribution < 1.29 is 18.6 Å². The average Bonchev–Trinajstić information content (AvgIpc) is 3.54. The van der Waals surface area contributed by atoms with Gasteiger partial charge in [-0.25, -0.2) is 14.4 Å². The maximum atomic E-state index is 13.5. The minimum atomic E-state index is -0.301. The van der Waals surface area contributed by atoms with E-state index in [4.69, 9.17) is 25.8 Å². The van der Waals surface area contributed by atoms with Gasteiger partial charge in [-0.15, -0.1) is 0 Å². The summed E-state index contributed by atoms with van der Waals surface area (Å²) in [6, 6.07) is 15.7. The van der Waals surface area contributed by atoms with Crippen LogP contribution in [0.2, 0.25) is 5.02 Å². The molecule has 11 heteroatoms. The van der Waals surface area contributed by atoms with Crippen LogP contribution < -0.4 is 19.5 Å². The summed E-state index contributed by atoms with van der Waals surface area (Å²) < 4.78 is 33.3. The Labute approximate surface area is 276 Å². The highest BCUT2D eigenvalue weighted by Gasteiger charge is 2.21. The molecule has 2 fully saturated rings. The van der Waals surface area contributed by atoms with Gasteiger partial charge in [0.1, 0.15) is 48.4 Å². The molecule has 1 saturated carbocycles. The second kappa shape index (κ2) is 14.9. The van der Waals surface area contributed by atoms with Gasteiger partial charge in [0.25, 0.3) is 0 Å². The number of nitrogens with zero attached hydrogens (tertiary/aromatic N) is 4. The van der Waals surface area contributed by atoms with E-state index in [2.05, 4.69) is 47.7 Å². The minimum Gasteiger partial charge on any atom is -0.492 e. The van der Waals surface area contributed by atoms with Crippen molar-refractivity contribution in [2.45, 2.75) is 38.4 Å². The molecule has 1 N–H and O–H groups in total. The van der Waals surface area contributed by atoms with Gasteiger partial charge in [0.2, 0.25) is 0 Å². The third-order valence-corrected chi connectivity index (χ3v) is 9.32. The summed E-state index contributed by atoms with van der Waals surface area (Å²) in [7, 11) is 0. The zero-order chi connectivity index (χ0) is 30.3. The first kappa shape index (κ1) is 31.1. The molecule has 44 heavy (non-hydrogen) atoms. The third-order valence-electron chi connectivity index (χ3n) is 8.06. The van der Waals surface area contributed by atoms with Crippen LogP contribution in [0, 0.1) is 5.82 Å². The van der Waals surface area contributed by atoms with Gasteiger partial charge in [-0.2, -0.15) is 0 Å². The highest BCUT2D eigenvalue weighted by molar-refractivity contribution is 14.1. The van der Waals surface area contributed by atoms with Crippen LogP contribution in [0.5, 0.6) is 17.2 Å². The largest absolute Gasteiger partial charge is 0.492 e. The minimum absolute atomic E-state index is 0.152. The lowest BCUT2D eigenvalue weighted by Crippen LogP contribution is -2.46. The van der Waals surface area contributed by atoms with E-state index in [9.17, 15) is 4.39 Å². The Kier molecular flexibility index (Phi) is 10.5. The fourth-order valence-electron chi connectivity index (χ4n) is 5.63. The van der Waals surface area contributed by atoms with E-state index < -0.39 is 0 Å². The molecule has 0 bridgehead atoms. The molecule has 0 radical (unpaired) electrons. The smallest absolute Gasteiger partial charge is 0.145 e. The van der Waals surface area contributed by atoms with Crippen LogP contribution in [-0.2, 0) is 6.61 Å². The van der Waals surface area contributed by atoms with Crippen LogP contribution in [0.15, 0.2) is 60.9 Å². The van der Waals surface area contributed by atoms with E-state index in [1.165, 1.54) is 12.1 Å². The Morgan fingerprint density at radius 1 is 0.932 bits per heavy atom.